The van der Waals surface area contributed by atoms with Gasteiger partial charge in [0.25, 0.3) is 5.91 Å². The largest absolute Gasteiger partial charge is 0.477 e. The number of rotatable bonds is 7. The highest BCUT2D eigenvalue weighted by atomic mass is 19.1. The van der Waals surface area contributed by atoms with Gasteiger partial charge in [-0.15, -0.1) is 0 Å². The molecule has 0 atom stereocenters. The maximum absolute atomic E-state index is 14.4. The Balaban J connectivity index is 1.53. The summed E-state index contributed by atoms with van der Waals surface area (Å²) in [6, 6.07) is 7.50. The van der Waals surface area contributed by atoms with E-state index in [0.717, 1.165) is 0 Å². The first kappa shape index (κ1) is 22.2. The molecule has 1 aliphatic heterocycles. The van der Waals surface area contributed by atoms with Gasteiger partial charge in [-0.3, -0.25) is 9.59 Å². The van der Waals surface area contributed by atoms with Gasteiger partial charge in [-0.25, -0.2) is 14.2 Å². The lowest BCUT2D eigenvalue weighted by molar-refractivity contribution is -0.134. The predicted octanol–water partition coefficient (Wildman–Crippen LogP) is 2.33. The van der Waals surface area contributed by atoms with Crippen LogP contribution in [-0.2, 0) is 9.53 Å². The third-order valence-electron chi connectivity index (χ3n) is 4.93. The maximum atomic E-state index is 14.4. The Morgan fingerprint density at radius 1 is 1.13 bits per heavy atom. The summed E-state index contributed by atoms with van der Waals surface area (Å²) >= 11 is 0. The van der Waals surface area contributed by atoms with Crippen molar-refractivity contribution < 1.29 is 28.2 Å². The molecule has 0 radical (unpaired) electrons. The molecule has 1 saturated heterocycles. The second-order valence-electron chi connectivity index (χ2n) is 6.96. The fourth-order valence-corrected chi connectivity index (χ4v) is 3.27. The number of hydrogen-bond acceptors (Lipinski definition) is 7. The Morgan fingerprint density at radius 2 is 1.87 bits per heavy atom. The lowest BCUT2D eigenvalue weighted by Crippen LogP contribution is -2.50. The number of halogens is 1. The van der Waals surface area contributed by atoms with E-state index >= 15 is 0 Å². The standard InChI is InChI=1S/C22H24FN3O5/c1-3-30-21-17(5-4-8-24-21)22(29)31-14-20(28)26-11-9-25(10-12-26)19-7-6-16(15(2)27)13-18(19)23/h4-8,13H,3,9-12,14H2,1-2H3. The fraction of sp³-hybridized carbons (Fsp3) is 0.364. The average Bonchev–Trinajstić information content (AvgIpc) is 2.78. The van der Waals surface area contributed by atoms with Gasteiger partial charge in [0.15, 0.2) is 12.4 Å². The van der Waals surface area contributed by atoms with Crippen molar-refractivity contribution in [3.05, 3.63) is 53.5 Å². The van der Waals surface area contributed by atoms with Gasteiger partial charge in [0, 0.05) is 37.9 Å². The molecular formula is C22H24FN3O5. The summed E-state index contributed by atoms with van der Waals surface area (Å²) in [7, 11) is 0. The second kappa shape index (κ2) is 10.0. The van der Waals surface area contributed by atoms with Crippen LogP contribution >= 0.6 is 0 Å². The van der Waals surface area contributed by atoms with Crippen molar-refractivity contribution in [3.63, 3.8) is 0 Å². The van der Waals surface area contributed by atoms with E-state index in [-0.39, 0.29) is 23.1 Å². The number of ketones is 1. The Labute approximate surface area is 179 Å². The zero-order chi connectivity index (χ0) is 22.4. The summed E-state index contributed by atoms with van der Waals surface area (Å²) in [6.45, 7) is 4.68. The molecule has 1 aromatic carbocycles. The van der Waals surface area contributed by atoms with Crippen LogP contribution in [0.3, 0.4) is 0 Å². The van der Waals surface area contributed by atoms with Crippen LogP contribution < -0.4 is 9.64 Å². The monoisotopic (exact) mass is 429 g/mol. The number of ether oxygens (including phenoxy) is 2. The van der Waals surface area contributed by atoms with Crippen LogP contribution in [0.25, 0.3) is 0 Å². The zero-order valence-corrected chi connectivity index (χ0v) is 17.5. The number of piperazine rings is 1. The van der Waals surface area contributed by atoms with Gasteiger partial charge in [0.05, 0.1) is 12.3 Å². The third kappa shape index (κ3) is 5.36. The zero-order valence-electron chi connectivity index (χ0n) is 17.5. The molecule has 9 heteroatoms. The molecule has 0 N–H and O–H groups in total. The number of pyridine rings is 1. The fourth-order valence-electron chi connectivity index (χ4n) is 3.27. The number of hydrogen-bond donors (Lipinski definition) is 0. The number of esters is 1. The minimum absolute atomic E-state index is 0.159. The third-order valence-corrected chi connectivity index (χ3v) is 4.93. The Kier molecular flexibility index (Phi) is 7.17. The van der Waals surface area contributed by atoms with Crippen molar-refractivity contribution in [2.24, 2.45) is 0 Å². The lowest BCUT2D eigenvalue weighted by atomic mass is 10.1. The molecule has 1 fully saturated rings. The van der Waals surface area contributed by atoms with Crippen LogP contribution in [0.15, 0.2) is 36.5 Å². The molecule has 2 heterocycles. The van der Waals surface area contributed by atoms with E-state index < -0.39 is 18.4 Å². The highest BCUT2D eigenvalue weighted by Gasteiger charge is 2.24. The van der Waals surface area contributed by atoms with Crippen molar-refractivity contribution in [2.45, 2.75) is 13.8 Å². The van der Waals surface area contributed by atoms with Gasteiger partial charge in [0.1, 0.15) is 11.4 Å². The molecule has 31 heavy (non-hydrogen) atoms. The van der Waals surface area contributed by atoms with Crippen molar-refractivity contribution in [1.82, 2.24) is 9.88 Å². The van der Waals surface area contributed by atoms with Crippen molar-refractivity contribution in [3.8, 4) is 5.88 Å². The topological polar surface area (TPSA) is 89.0 Å². The highest BCUT2D eigenvalue weighted by molar-refractivity contribution is 5.94. The molecule has 1 aliphatic rings. The highest BCUT2D eigenvalue weighted by Crippen LogP contribution is 2.22. The first-order valence-corrected chi connectivity index (χ1v) is 9.98. The van der Waals surface area contributed by atoms with Crippen molar-refractivity contribution >= 4 is 23.3 Å². The number of carbonyl (C=O) groups is 3. The summed E-state index contributed by atoms with van der Waals surface area (Å²) in [6.07, 6.45) is 1.50. The van der Waals surface area contributed by atoms with Crippen LogP contribution in [0.5, 0.6) is 5.88 Å². The van der Waals surface area contributed by atoms with Gasteiger partial charge < -0.3 is 19.3 Å². The van der Waals surface area contributed by atoms with Crippen LogP contribution in [0.1, 0.15) is 34.6 Å². The van der Waals surface area contributed by atoms with Gasteiger partial charge in [-0.05, 0) is 44.2 Å². The molecule has 1 aromatic heterocycles. The summed E-state index contributed by atoms with van der Waals surface area (Å²) in [4.78, 5) is 43.5. The summed E-state index contributed by atoms with van der Waals surface area (Å²) in [5.74, 6) is -1.52. The lowest BCUT2D eigenvalue weighted by Gasteiger charge is -2.36. The van der Waals surface area contributed by atoms with E-state index in [9.17, 15) is 18.8 Å². The normalized spacial score (nSPS) is 13.6. The SMILES string of the molecule is CCOc1ncccc1C(=O)OCC(=O)N1CCN(c2ccc(C(C)=O)cc2F)CC1. The molecule has 0 unspecified atom stereocenters. The number of benzene rings is 1. The second-order valence-corrected chi connectivity index (χ2v) is 6.96. The Hall–Kier alpha value is -3.49. The van der Waals surface area contributed by atoms with E-state index in [1.165, 1.54) is 25.3 Å². The van der Waals surface area contributed by atoms with E-state index in [1.807, 2.05) is 4.90 Å². The molecule has 1 amide bonds. The maximum Gasteiger partial charge on any atom is 0.344 e. The van der Waals surface area contributed by atoms with Crippen LogP contribution in [0, 0.1) is 5.82 Å². The quantitative estimate of drug-likeness (QED) is 0.493. The summed E-state index contributed by atoms with van der Waals surface area (Å²) in [5, 5.41) is 0. The molecule has 0 spiro atoms. The number of Topliss-reactive ketones (excluding diaryl/α,β-unsaturated/α-hetero) is 1. The van der Waals surface area contributed by atoms with Gasteiger partial charge in [0.2, 0.25) is 5.88 Å². The van der Waals surface area contributed by atoms with E-state index in [1.54, 1.807) is 30.0 Å². The van der Waals surface area contributed by atoms with Crippen LogP contribution in [0.2, 0.25) is 0 Å². The minimum Gasteiger partial charge on any atom is -0.477 e. The Morgan fingerprint density at radius 3 is 2.52 bits per heavy atom. The summed E-state index contributed by atoms with van der Waals surface area (Å²) < 4.78 is 24.8. The number of anilines is 1. The average molecular weight is 429 g/mol. The molecule has 8 nitrogen and oxygen atoms in total. The van der Waals surface area contributed by atoms with Crippen LogP contribution in [0.4, 0.5) is 10.1 Å². The van der Waals surface area contributed by atoms with Gasteiger partial charge in [-0.1, -0.05) is 0 Å². The van der Waals surface area contributed by atoms with E-state index in [4.69, 9.17) is 9.47 Å². The number of nitrogens with zero attached hydrogens (tertiary/aromatic N) is 3. The molecule has 0 aliphatic carbocycles. The number of amides is 1. The molecule has 0 bridgehead atoms. The first-order valence-electron chi connectivity index (χ1n) is 9.98. The Bertz CT molecular complexity index is 973. The minimum atomic E-state index is -0.684. The predicted molar refractivity (Wildman–Crippen MR) is 111 cm³/mol. The van der Waals surface area contributed by atoms with E-state index in [0.29, 0.717) is 44.0 Å². The van der Waals surface area contributed by atoms with Crippen LogP contribution in [-0.4, -0.2) is 66.9 Å². The van der Waals surface area contributed by atoms with Gasteiger partial charge >= 0.3 is 5.97 Å². The molecular weight excluding hydrogens is 405 g/mol. The molecule has 3 rings (SSSR count). The van der Waals surface area contributed by atoms with E-state index in [2.05, 4.69) is 4.98 Å². The van der Waals surface area contributed by atoms with Crippen molar-refractivity contribution in [2.75, 3.05) is 44.3 Å². The van der Waals surface area contributed by atoms with Gasteiger partial charge in [-0.2, -0.15) is 0 Å². The summed E-state index contributed by atoms with van der Waals surface area (Å²) in [5.41, 5.74) is 0.869. The smallest absolute Gasteiger partial charge is 0.344 e. The van der Waals surface area contributed by atoms with Crippen molar-refractivity contribution in [1.29, 1.82) is 0 Å². The number of carbonyl (C=O) groups excluding carboxylic acids is 3. The molecule has 0 saturated carbocycles. The first-order chi connectivity index (χ1) is 14.9. The molecule has 2 aromatic rings. The number of aromatic nitrogens is 1. The molecule has 164 valence electrons.